The van der Waals surface area contributed by atoms with E-state index in [0.717, 1.165) is 10.7 Å². The molecule has 0 saturated heterocycles. The third kappa shape index (κ3) is 2.91. The monoisotopic (exact) mass is 282 g/mol. The summed E-state index contributed by atoms with van der Waals surface area (Å²) in [7, 11) is 0. The van der Waals surface area contributed by atoms with Crippen molar-refractivity contribution in [1.29, 1.82) is 0 Å². The zero-order chi connectivity index (χ0) is 13.3. The summed E-state index contributed by atoms with van der Waals surface area (Å²) < 4.78 is 0. The Balaban J connectivity index is 2.20. The highest BCUT2D eigenvalue weighted by molar-refractivity contribution is 7.11. The minimum absolute atomic E-state index is 0.126. The van der Waals surface area contributed by atoms with Crippen LogP contribution in [0.15, 0.2) is 12.1 Å². The SMILES string of the molecule is Cc1nc(C)c(C(C)Nc2cc(N)cc(Cl)n2)s1. The van der Waals surface area contributed by atoms with E-state index in [1.54, 1.807) is 23.5 Å². The van der Waals surface area contributed by atoms with Gasteiger partial charge in [0.25, 0.3) is 0 Å². The Bertz CT molecular complexity index is 547. The van der Waals surface area contributed by atoms with Gasteiger partial charge in [-0.1, -0.05) is 11.6 Å². The molecule has 2 aromatic heterocycles. The largest absolute Gasteiger partial charge is 0.399 e. The molecule has 0 fully saturated rings. The fourth-order valence-electron chi connectivity index (χ4n) is 1.83. The predicted octanol–water partition coefficient (Wildman–Crippen LogP) is 3.56. The standard InChI is InChI=1S/C12H15ClN4S/c1-6-12(18-8(3)15-6)7(2)16-11-5-9(14)4-10(13)17-11/h4-5,7H,1-3H3,(H3,14,16,17). The molecule has 3 N–H and O–H groups in total. The molecule has 1 atom stereocenters. The van der Waals surface area contributed by atoms with Gasteiger partial charge in [-0.05, 0) is 26.8 Å². The number of anilines is 2. The van der Waals surface area contributed by atoms with Gasteiger partial charge < -0.3 is 11.1 Å². The van der Waals surface area contributed by atoms with Gasteiger partial charge in [-0.2, -0.15) is 0 Å². The van der Waals surface area contributed by atoms with Crippen LogP contribution < -0.4 is 11.1 Å². The number of nitrogens with zero attached hydrogens (tertiary/aromatic N) is 2. The molecule has 0 amide bonds. The van der Waals surface area contributed by atoms with Crippen molar-refractivity contribution in [1.82, 2.24) is 9.97 Å². The Labute approximate surface area is 115 Å². The summed E-state index contributed by atoms with van der Waals surface area (Å²) >= 11 is 7.56. The summed E-state index contributed by atoms with van der Waals surface area (Å²) in [6.07, 6.45) is 0. The van der Waals surface area contributed by atoms with Gasteiger partial charge in [0.15, 0.2) is 0 Å². The molecular formula is C12H15ClN4S. The quantitative estimate of drug-likeness (QED) is 0.845. The van der Waals surface area contributed by atoms with E-state index in [-0.39, 0.29) is 6.04 Å². The molecule has 0 aliphatic carbocycles. The molecule has 2 heterocycles. The molecule has 0 saturated carbocycles. The minimum atomic E-state index is 0.126. The number of thiazole rings is 1. The van der Waals surface area contributed by atoms with Crippen LogP contribution in [0.3, 0.4) is 0 Å². The van der Waals surface area contributed by atoms with Crippen LogP contribution >= 0.6 is 22.9 Å². The summed E-state index contributed by atoms with van der Waals surface area (Å²) in [6, 6.07) is 3.52. The number of aromatic nitrogens is 2. The van der Waals surface area contributed by atoms with Crippen LogP contribution in [0.5, 0.6) is 0 Å². The molecule has 0 aliphatic rings. The normalized spacial score (nSPS) is 12.4. The molecule has 0 aromatic carbocycles. The van der Waals surface area contributed by atoms with Gasteiger partial charge in [0.2, 0.25) is 0 Å². The number of nitrogens with one attached hydrogen (secondary N) is 1. The molecule has 6 heteroatoms. The Hall–Kier alpha value is -1.33. The summed E-state index contributed by atoms with van der Waals surface area (Å²) in [5, 5.41) is 4.74. The lowest BCUT2D eigenvalue weighted by molar-refractivity contribution is 0.880. The number of nitrogens with two attached hydrogens (primary N) is 1. The second kappa shape index (κ2) is 5.12. The molecule has 0 spiro atoms. The number of hydrogen-bond donors (Lipinski definition) is 2. The van der Waals surface area contributed by atoms with Crippen LogP contribution in [-0.2, 0) is 0 Å². The zero-order valence-corrected chi connectivity index (χ0v) is 12.1. The van der Waals surface area contributed by atoms with E-state index >= 15 is 0 Å². The molecule has 4 nitrogen and oxygen atoms in total. The topological polar surface area (TPSA) is 63.8 Å². The predicted molar refractivity (Wildman–Crippen MR) is 77.3 cm³/mol. The fraction of sp³-hybridized carbons (Fsp3) is 0.333. The van der Waals surface area contributed by atoms with Gasteiger partial charge in [-0.3, -0.25) is 0 Å². The summed E-state index contributed by atoms with van der Waals surface area (Å²) in [4.78, 5) is 9.81. The Kier molecular flexibility index (Phi) is 3.73. The second-order valence-electron chi connectivity index (χ2n) is 4.16. The van der Waals surface area contributed by atoms with Crippen LogP contribution in [0.4, 0.5) is 11.5 Å². The van der Waals surface area contributed by atoms with E-state index in [0.29, 0.717) is 16.7 Å². The lowest BCUT2D eigenvalue weighted by atomic mass is 10.2. The van der Waals surface area contributed by atoms with E-state index in [9.17, 15) is 0 Å². The number of pyridine rings is 1. The van der Waals surface area contributed by atoms with E-state index < -0.39 is 0 Å². The lowest BCUT2D eigenvalue weighted by Gasteiger charge is -2.14. The average molecular weight is 283 g/mol. The van der Waals surface area contributed by atoms with E-state index in [4.69, 9.17) is 17.3 Å². The number of halogens is 1. The van der Waals surface area contributed by atoms with E-state index in [2.05, 4.69) is 22.2 Å². The van der Waals surface area contributed by atoms with Crippen molar-refractivity contribution in [3.8, 4) is 0 Å². The first-order valence-corrected chi connectivity index (χ1v) is 6.78. The average Bonchev–Trinajstić information content (AvgIpc) is 2.56. The number of aryl methyl sites for hydroxylation is 2. The van der Waals surface area contributed by atoms with Crippen LogP contribution in [0.25, 0.3) is 0 Å². The number of hydrogen-bond acceptors (Lipinski definition) is 5. The third-order valence-electron chi connectivity index (χ3n) is 2.51. The van der Waals surface area contributed by atoms with Crippen molar-refractivity contribution in [2.24, 2.45) is 0 Å². The van der Waals surface area contributed by atoms with Crippen molar-refractivity contribution < 1.29 is 0 Å². The maximum atomic E-state index is 5.87. The highest BCUT2D eigenvalue weighted by Gasteiger charge is 2.13. The highest BCUT2D eigenvalue weighted by atomic mass is 35.5. The first kappa shape index (κ1) is 13.1. The summed E-state index contributed by atoms with van der Waals surface area (Å²) in [5.41, 5.74) is 7.38. The number of nitrogen functional groups attached to an aromatic ring is 1. The maximum Gasteiger partial charge on any atom is 0.133 e. The third-order valence-corrected chi connectivity index (χ3v) is 3.96. The van der Waals surface area contributed by atoms with Gasteiger partial charge >= 0.3 is 0 Å². The summed E-state index contributed by atoms with van der Waals surface area (Å²) in [5.74, 6) is 0.679. The van der Waals surface area contributed by atoms with E-state index in [1.165, 1.54) is 4.88 Å². The molecule has 0 radical (unpaired) electrons. The molecule has 96 valence electrons. The smallest absolute Gasteiger partial charge is 0.133 e. The van der Waals surface area contributed by atoms with Crippen molar-refractivity contribution >= 4 is 34.4 Å². The minimum Gasteiger partial charge on any atom is -0.399 e. The molecular weight excluding hydrogens is 268 g/mol. The molecule has 0 aliphatic heterocycles. The maximum absolute atomic E-state index is 5.87. The molecule has 2 rings (SSSR count). The lowest BCUT2D eigenvalue weighted by Crippen LogP contribution is -2.08. The molecule has 2 aromatic rings. The van der Waals surface area contributed by atoms with Gasteiger partial charge in [0.05, 0.1) is 16.7 Å². The zero-order valence-electron chi connectivity index (χ0n) is 10.5. The number of rotatable bonds is 3. The van der Waals surface area contributed by atoms with Crippen LogP contribution in [-0.4, -0.2) is 9.97 Å². The molecule has 0 bridgehead atoms. The fourth-order valence-corrected chi connectivity index (χ4v) is 2.97. The van der Waals surface area contributed by atoms with Gasteiger partial charge in [-0.25, -0.2) is 9.97 Å². The van der Waals surface area contributed by atoms with E-state index in [1.807, 2.05) is 13.8 Å². The van der Waals surface area contributed by atoms with Crippen molar-refractivity contribution in [2.75, 3.05) is 11.1 Å². The Morgan fingerprint density at radius 2 is 2.06 bits per heavy atom. The Morgan fingerprint density at radius 3 is 2.61 bits per heavy atom. The van der Waals surface area contributed by atoms with Gasteiger partial charge in [0, 0.05) is 16.6 Å². The van der Waals surface area contributed by atoms with Gasteiger partial charge in [0.1, 0.15) is 11.0 Å². The van der Waals surface area contributed by atoms with Crippen molar-refractivity contribution in [3.63, 3.8) is 0 Å². The van der Waals surface area contributed by atoms with Crippen LogP contribution in [0, 0.1) is 13.8 Å². The first-order chi connectivity index (χ1) is 8.45. The first-order valence-electron chi connectivity index (χ1n) is 5.59. The van der Waals surface area contributed by atoms with Crippen LogP contribution in [0.1, 0.15) is 28.5 Å². The van der Waals surface area contributed by atoms with Crippen LogP contribution in [0.2, 0.25) is 5.15 Å². The van der Waals surface area contributed by atoms with Gasteiger partial charge in [-0.15, -0.1) is 11.3 Å². The second-order valence-corrected chi connectivity index (χ2v) is 5.78. The molecule has 1 unspecified atom stereocenters. The van der Waals surface area contributed by atoms with Crippen molar-refractivity contribution in [2.45, 2.75) is 26.8 Å². The van der Waals surface area contributed by atoms with Crippen molar-refractivity contribution in [3.05, 3.63) is 32.9 Å². The summed E-state index contributed by atoms with van der Waals surface area (Å²) in [6.45, 7) is 6.08. The highest BCUT2D eigenvalue weighted by Crippen LogP contribution is 2.27. The molecule has 18 heavy (non-hydrogen) atoms. The Morgan fingerprint density at radius 1 is 1.33 bits per heavy atom.